The molecule has 0 fully saturated rings. The first-order chi connectivity index (χ1) is 6.77. The van der Waals surface area contributed by atoms with E-state index in [2.05, 4.69) is 11.4 Å². The van der Waals surface area contributed by atoms with E-state index in [0.29, 0.717) is 0 Å². The molecule has 3 N–H and O–H groups in total. The van der Waals surface area contributed by atoms with Crippen LogP contribution in [0.4, 0.5) is 0 Å². The molecule has 0 unspecified atom stereocenters. The lowest BCUT2D eigenvalue weighted by atomic mass is 10.0. The van der Waals surface area contributed by atoms with Crippen LogP contribution in [0, 0.1) is 0 Å². The number of halogens is 1. The van der Waals surface area contributed by atoms with Gasteiger partial charge in [-0.1, -0.05) is 12.1 Å². The minimum absolute atomic E-state index is 0. The van der Waals surface area contributed by atoms with Crippen molar-refractivity contribution in [3.05, 3.63) is 29.8 Å². The topological polar surface area (TPSA) is 52.5 Å². The molecular formula is C11H14BrNO2. The van der Waals surface area contributed by atoms with E-state index in [0.717, 1.165) is 25.1 Å². The molecule has 3 nitrogen and oxygen atoms in total. The van der Waals surface area contributed by atoms with Gasteiger partial charge in [0.2, 0.25) is 0 Å². The summed E-state index contributed by atoms with van der Waals surface area (Å²) in [4.78, 5) is 0. The first kappa shape index (κ1) is 12.1. The molecule has 0 radical (unpaired) electrons. The second-order valence-electron chi connectivity index (χ2n) is 3.40. The summed E-state index contributed by atoms with van der Waals surface area (Å²) in [7, 11) is 0. The van der Waals surface area contributed by atoms with Crippen LogP contribution in [0.3, 0.4) is 0 Å². The number of benzene rings is 1. The third-order valence-electron chi connectivity index (χ3n) is 2.37. The SMILES string of the molecule is Br.Oc1ccc(C2=CCCNC2)cc1O. The average Bonchev–Trinajstić information content (AvgIpc) is 2.23. The third-order valence-corrected chi connectivity index (χ3v) is 2.37. The van der Waals surface area contributed by atoms with Crippen LogP contribution < -0.4 is 5.32 Å². The number of phenolic OH excluding ortho intramolecular Hbond substituents is 2. The Bertz CT molecular complexity index is 377. The van der Waals surface area contributed by atoms with Gasteiger partial charge in [0.05, 0.1) is 0 Å². The molecule has 1 aliphatic heterocycles. The second kappa shape index (κ2) is 5.19. The Kier molecular flexibility index (Phi) is 4.17. The van der Waals surface area contributed by atoms with E-state index >= 15 is 0 Å². The lowest BCUT2D eigenvalue weighted by Gasteiger charge is -2.14. The molecule has 1 aliphatic rings. The van der Waals surface area contributed by atoms with Crippen molar-refractivity contribution in [3.8, 4) is 11.5 Å². The van der Waals surface area contributed by atoms with Crippen molar-refractivity contribution in [3.63, 3.8) is 0 Å². The number of phenols is 2. The Labute approximate surface area is 99.2 Å². The molecule has 0 saturated carbocycles. The highest BCUT2D eigenvalue weighted by molar-refractivity contribution is 8.93. The minimum atomic E-state index is -0.0712. The number of hydrogen-bond acceptors (Lipinski definition) is 3. The molecule has 0 aromatic heterocycles. The number of hydrogen-bond donors (Lipinski definition) is 3. The highest BCUT2D eigenvalue weighted by Gasteiger charge is 2.07. The van der Waals surface area contributed by atoms with Crippen LogP contribution in [0.5, 0.6) is 11.5 Å². The summed E-state index contributed by atoms with van der Waals surface area (Å²) in [6, 6.07) is 4.92. The quantitative estimate of drug-likeness (QED) is 0.686. The lowest BCUT2D eigenvalue weighted by Crippen LogP contribution is -2.21. The van der Waals surface area contributed by atoms with Gasteiger partial charge in [-0.15, -0.1) is 17.0 Å². The van der Waals surface area contributed by atoms with Crippen LogP contribution in [0.2, 0.25) is 0 Å². The first-order valence-corrected chi connectivity index (χ1v) is 4.69. The number of aromatic hydroxyl groups is 2. The van der Waals surface area contributed by atoms with Gasteiger partial charge in [0.1, 0.15) is 0 Å². The summed E-state index contributed by atoms with van der Waals surface area (Å²) in [6.45, 7) is 1.83. The Hall–Kier alpha value is -1.00. The largest absolute Gasteiger partial charge is 0.504 e. The van der Waals surface area contributed by atoms with Gasteiger partial charge in [-0.3, -0.25) is 0 Å². The normalized spacial score (nSPS) is 15.3. The molecule has 0 atom stereocenters. The summed E-state index contributed by atoms with van der Waals surface area (Å²) >= 11 is 0. The molecule has 15 heavy (non-hydrogen) atoms. The minimum Gasteiger partial charge on any atom is -0.504 e. The van der Waals surface area contributed by atoms with Crippen molar-refractivity contribution < 1.29 is 10.2 Å². The molecule has 1 heterocycles. The van der Waals surface area contributed by atoms with E-state index in [-0.39, 0.29) is 28.5 Å². The Morgan fingerprint density at radius 3 is 2.53 bits per heavy atom. The molecular weight excluding hydrogens is 258 g/mol. The zero-order chi connectivity index (χ0) is 9.97. The van der Waals surface area contributed by atoms with E-state index < -0.39 is 0 Å². The van der Waals surface area contributed by atoms with E-state index in [1.165, 1.54) is 11.6 Å². The molecule has 4 heteroatoms. The molecule has 0 bridgehead atoms. The van der Waals surface area contributed by atoms with Crippen LogP contribution in [0.1, 0.15) is 12.0 Å². The Morgan fingerprint density at radius 2 is 1.93 bits per heavy atom. The predicted molar refractivity (Wildman–Crippen MR) is 65.6 cm³/mol. The van der Waals surface area contributed by atoms with Gasteiger partial charge in [-0.05, 0) is 36.2 Å². The van der Waals surface area contributed by atoms with Crippen LogP contribution >= 0.6 is 17.0 Å². The fraction of sp³-hybridized carbons (Fsp3) is 0.273. The summed E-state index contributed by atoms with van der Waals surface area (Å²) in [5, 5.41) is 21.7. The summed E-state index contributed by atoms with van der Waals surface area (Å²) < 4.78 is 0. The lowest BCUT2D eigenvalue weighted by molar-refractivity contribution is 0.403. The molecule has 1 aromatic carbocycles. The van der Waals surface area contributed by atoms with Crippen molar-refractivity contribution >= 4 is 22.6 Å². The van der Waals surface area contributed by atoms with Crippen LogP contribution in [-0.2, 0) is 0 Å². The maximum Gasteiger partial charge on any atom is 0.158 e. The van der Waals surface area contributed by atoms with Gasteiger partial charge in [0, 0.05) is 6.54 Å². The van der Waals surface area contributed by atoms with Crippen molar-refractivity contribution in [1.82, 2.24) is 5.32 Å². The maximum atomic E-state index is 9.33. The average molecular weight is 272 g/mol. The zero-order valence-corrected chi connectivity index (χ0v) is 9.95. The van der Waals surface area contributed by atoms with Gasteiger partial charge >= 0.3 is 0 Å². The molecule has 1 aromatic rings. The van der Waals surface area contributed by atoms with Crippen molar-refractivity contribution in [2.24, 2.45) is 0 Å². The van der Waals surface area contributed by atoms with Gasteiger partial charge in [0.15, 0.2) is 11.5 Å². The highest BCUT2D eigenvalue weighted by Crippen LogP contribution is 2.28. The first-order valence-electron chi connectivity index (χ1n) is 4.69. The van der Waals surface area contributed by atoms with Crippen LogP contribution in [0.15, 0.2) is 24.3 Å². The Balaban J connectivity index is 0.00000112. The van der Waals surface area contributed by atoms with Crippen molar-refractivity contribution in [2.75, 3.05) is 13.1 Å². The molecule has 82 valence electrons. The van der Waals surface area contributed by atoms with E-state index in [1.807, 2.05) is 6.07 Å². The maximum absolute atomic E-state index is 9.33. The predicted octanol–water partition coefficient (Wildman–Crippen LogP) is 2.05. The summed E-state index contributed by atoms with van der Waals surface area (Å²) in [5.41, 5.74) is 2.14. The van der Waals surface area contributed by atoms with Crippen LogP contribution in [0.25, 0.3) is 5.57 Å². The smallest absolute Gasteiger partial charge is 0.158 e. The fourth-order valence-electron chi connectivity index (χ4n) is 1.59. The van der Waals surface area contributed by atoms with E-state index in [9.17, 15) is 5.11 Å². The standard InChI is InChI=1S/C11H13NO2.BrH/c13-10-4-3-8(6-11(10)14)9-2-1-5-12-7-9;/h2-4,6,12-14H,1,5,7H2;1H. The zero-order valence-electron chi connectivity index (χ0n) is 8.23. The molecule has 0 saturated heterocycles. The van der Waals surface area contributed by atoms with Crippen LogP contribution in [-0.4, -0.2) is 23.3 Å². The monoisotopic (exact) mass is 271 g/mol. The van der Waals surface area contributed by atoms with Crippen molar-refractivity contribution in [1.29, 1.82) is 0 Å². The summed E-state index contributed by atoms with van der Waals surface area (Å²) in [5.74, 6) is -0.132. The second-order valence-corrected chi connectivity index (χ2v) is 3.40. The highest BCUT2D eigenvalue weighted by atomic mass is 79.9. The number of nitrogens with one attached hydrogen (secondary N) is 1. The fourth-order valence-corrected chi connectivity index (χ4v) is 1.59. The van der Waals surface area contributed by atoms with E-state index in [1.54, 1.807) is 6.07 Å². The third kappa shape index (κ3) is 2.73. The molecule has 2 rings (SSSR count). The number of rotatable bonds is 1. The Morgan fingerprint density at radius 1 is 1.13 bits per heavy atom. The summed E-state index contributed by atoms with van der Waals surface area (Å²) in [6.07, 6.45) is 3.17. The molecule has 0 spiro atoms. The van der Waals surface area contributed by atoms with Gasteiger partial charge < -0.3 is 15.5 Å². The van der Waals surface area contributed by atoms with E-state index in [4.69, 9.17) is 5.11 Å². The van der Waals surface area contributed by atoms with Gasteiger partial charge in [0.25, 0.3) is 0 Å². The van der Waals surface area contributed by atoms with Gasteiger partial charge in [-0.25, -0.2) is 0 Å². The molecule has 0 amide bonds. The van der Waals surface area contributed by atoms with Gasteiger partial charge in [-0.2, -0.15) is 0 Å². The van der Waals surface area contributed by atoms with Crippen molar-refractivity contribution in [2.45, 2.75) is 6.42 Å². The molecule has 0 aliphatic carbocycles.